The molecule has 0 saturated heterocycles. The van der Waals surface area contributed by atoms with Gasteiger partial charge in [-0.2, -0.15) is 5.10 Å². The molecule has 1 rings (SSSR count). The Labute approximate surface area is 111 Å². The van der Waals surface area contributed by atoms with Gasteiger partial charge in [0, 0.05) is 19.0 Å². The van der Waals surface area contributed by atoms with Crippen LogP contribution >= 0.6 is 0 Å². The normalized spacial score (nSPS) is 15.0. The van der Waals surface area contributed by atoms with Crippen molar-refractivity contribution in [3.8, 4) is 0 Å². The summed E-state index contributed by atoms with van der Waals surface area (Å²) in [7, 11) is 0. The number of nitrogens with zero attached hydrogens (tertiary/aromatic N) is 3. The van der Waals surface area contributed by atoms with E-state index in [0.29, 0.717) is 6.04 Å². The Hall–Kier alpha value is -0.900. The van der Waals surface area contributed by atoms with E-state index in [1.807, 2.05) is 4.68 Å². The quantitative estimate of drug-likeness (QED) is 0.773. The van der Waals surface area contributed by atoms with Gasteiger partial charge in [0.05, 0.1) is 0 Å². The van der Waals surface area contributed by atoms with E-state index in [1.54, 1.807) is 6.33 Å². The molecule has 0 saturated carbocycles. The third kappa shape index (κ3) is 4.09. The maximum atomic E-state index is 4.44. The molecule has 0 radical (unpaired) electrons. The van der Waals surface area contributed by atoms with Gasteiger partial charge in [-0.15, -0.1) is 0 Å². The lowest BCUT2D eigenvalue weighted by atomic mass is 9.81. The van der Waals surface area contributed by atoms with Crippen molar-refractivity contribution in [1.82, 2.24) is 20.1 Å². The Balaban J connectivity index is 2.78. The first-order chi connectivity index (χ1) is 8.52. The Bertz CT molecular complexity index is 345. The molecular weight excluding hydrogens is 224 g/mol. The molecule has 0 aliphatic carbocycles. The lowest BCUT2D eigenvalue weighted by molar-refractivity contribution is 0.265. The number of rotatable bonds is 8. The molecule has 1 unspecified atom stereocenters. The zero-order valence-electron chi connectivity index (χ0n) is 12.5. The van der Waals surface area contributed by atoms with Gasteiger partial charge in [-0.3, -0.25) is 0 Å². The van der Waals surface area contributed by atoms with Gasteiger partial charge in [-0.05, 0) is 32.2 Å². The van der Waals surface area contributed by atoms with Gasteiger partial charge in [0.2, 0.25) is 0 Å². The SMILES string of the molecule is CCCC(C)(CNCC)Cc1ncnn1C(C)C. The average molecular weight is 252 g/mol. The van der Waals surface area contributed by atoms with Crippen molar-refractivity contribution in [2.45, 2.75) is 59.9 Å². The van der Waals surface area contributed by atoms with E-state index in [0.717, 1.165) is 25.3 Å². The molecule has 104 valence electrons. The van der Waals surface area contributed by atoms with Crippen molar-refractivity contribution in [2.75, 3.05) is 13.1 Å². The second-order valence-corrected chi connectivity index (χ2v) is 5.73. The number of nitrogens with one attached hydrogen (secondary N) is 1. The van der Waals surface area contributed by atoms with E-state index < -0.39 is 0 Å². The van der Waals surface area contributed by atoms with E-state index in [1.165, 1.54) is 12.8 Å². The fourth-order valence-electron chi connectivity index (χ4n) is 2.48. The molecule has 0 bridgehead atoms. The molecular formula is C14H28N4. The minimum atomic E-state index is 0.268. The molecule has 1 aromatic rings. The van der Waals surface area contributed by atoms with E-state index >= 15 is 0 Å². The van der Waals surface area contributed by atoms with Crippen LogP contribution < -0.4 is 5.32 Å². The Kier molecular flexibility index (Phi) is 5.79. The number of hydrogen-bond donors (Lipinski definition) is 1. The van der Waals surface area contributed by atoms with Gasteiger partial charge in [0.1, 0.15) is 12.2 Å². The molecule has 18 heavy (non-hydrogen) atoms. The summed E-state index contributed by atoms with van der Waals surface area (Å²) in [6, 6.07) is 0.382. The number of aromatic nitrogens is 3. The highest BCUT2D eigenvalue weighted by Gasteiger charge is 2.26. The lowest BCUT2D eigenvalue weighted by Gasteiger charge is -2.29. The van der Waals surface area contributed by atoms with Crippen LogP contribution in [-0.4, -0.2) is 27.9 Å². The maximum absolute atomic E-state index is 4.44. The smallest absolute Gasteiger partial charge is 0.138 e. The second-order valence-electron chi connectivity index (χ2n) is 5.73. The highest BCUT2D eigenvalue weighted by molar-refractivity contribution is 4.94. The molecule has 4 nitrogen and oxygen atoms in total. The van der Waals surface area contributed by atoms with Crippen LogP contribution in [0.15, 0.2) is 6.33 Å². The Morgan fingerprint density at radius 2 is 2.11 bits per heavy atom. The molecule has 1 atom stereocenters. The summed E-state index contributed by atoms with van der Waals surface area (Å²) < 4.78 is 2.04. The highest BCUT2D eigenvalue weighted by atomic mass is 15.3. The monoisotopic (exact) mass is 252 g/mol. The Morgan fingerprint density at radius 3 is 2.67 bits per heavy atom. The van der Waals surface area contributed by atoms with Gasteiger partial charge < -0.3 is 5.32 Å². The molecule has 0 spiro atoms. The molecule has 0 amide bonds. The van der Waals surface area contributed by atoms with E-state index in [4.69, 9.17) is 0 Å². The van der Waals surface area contributed by atoms with Crippen LogP contribution in [-0.2, 0) is 6.42 Å². The van der Waals surface area contributed by atoms with Gasteiger partial charge >= 0.3 is 0 Å². The predicted molar refractivity (Wildman–Crippen MR) is 75.7 cm³/mol. The molecule has 0 fully saturated rings. The summed E-state index contributed by atoms with van der Waals surface area (Å²) in [5.74, 6) is 1.11. The largest absolute Gasteiger partial charge is 0.316 e. The summed E-state index contributed by atoms with van der Waals surface area (Å²) in [6.45, 7) is 13.1. The Morgan fingerprint density at radius 1 is 1.39 bits per heavy atom. The molecule has 1 heterocycles. The summed E-state index contributed by atoms with van der Waals surface area (Å²) in [6.07, 6.45) is 5.09. The second kappa shape index (κ2) is 6.88. The topological polar surface area (TPSA) is 42.7 Å². The predicted octanol–water partition coefficient (Wildman–Crippen LogP) is 2.82. The third-order valence-corrected chi connectivity index (χ3v) is 3.38. The molecule has 1 N–H and O–H groups in total. The van der Waals surface area contributed by atoms with Gasteiger partial charge in [-0.1, -0.05) is 27.2 Å². The van der Waals surface area contributed by atoms with Crippen LogP contribution in [0, 0.1) is 5.41 Å². The van der Waals surface area contributed by atoms with E-state index in [9.17, 15) is 0 Å². The lowest BCUT2D eigenvalue weighted by Crippen LogP contribution is -2.34. The standard InChI is InChI=1S/C14H28N4/c1-6-8-14(5,10-15-7-2)9-13-16-11-17-18(13)12(3)4/h11-12,15H,6-10H2,1-5H3. The first kappa shape index (κ1) is 15.2. The number of hydrogen-bond acceptors (Lipinski definition) is 3. The van der Waals surface area contributed by atoms with Crippen LogP contribution in [0.1, 0.15) is 59.3 Å². The van der Waals surface area contributed by atoms with Crippen molar-refractivity contribution in [1.29, 1.82) is 0 Å². The molecule has 0 aromatic carbocycles. The maximum Gasteiger partial charge on any atom is 0.138 e. The summed E-state index contributed by atoms with van der Waals surface area (Å²) in [5.41, 5.74) is 0.268. The first-order valence-corrected chi connectivity index (χ1v) is 7.11. The van der Waals surface area contributed by atoms with Crippen molar-refractivity contribution < 1.29 is 0 Å². The van der Waals surface area contributed by atoms with Gasteiger partial charge in [-0.25, -0.2) is 9.67 Å². The molecule has 0 aliphatic rings. The van der Waals surface area contributed by atoms with Crippen molar-refractivity contribution in [3.05, 3.63) is 12.2 Å². The van der Waals surface area contributed by atoms with Crippen LogP contribution in [0.3, 0.4) is 0 Å². The zero-order chi connectivity index (χ0) is 13.6. The molecule has 4 heteroatoms. The average Bonchev–Trinajstić information content (AvgIpc) is 2.74. The minimum Gasteiger partial charge on any atom is -0.316 e. The van der Waals surface area contributed by atoms with Crippen LogP contribution in [0.5, 0.6) is 0 Å². The summed E-state index contributed by atoms with van der Waals surface area (Å²) >= 11 is 0. The van der Waals surface area contributed by atoms with E-state index in [-0.39, 0.29) is 5.41 Å². The van der Waals surface area contributed by atoms with E-state index in [2.05, 4.69) is 50.0 Å². The first-order valence-electron chi connectivity index (χ1n) is 7.11. The minimum absolute atomic E-state index is 0.268. The summed E-state index contributed by atoms with van der Waals surface area (Å²) in [5, 5.41) is 7.80. The van der Waals surface area contributed by atoms with Crippen molar-refractivity contribution >= 4 is 0 Å². The molecule has 1 aromatic heterocycles. The van der Waals surface area contributed by atoms with Crippen molar-refractivity contribution in [2.24, 2.45) is 5.41 Å². The van der Waals surface area contributed by atoms with Gasteiger partial charge in [0.25, 0.3) is 0 Å². The van der Waals surface area contributed by atoms with Gasteiger partial charge in [0.15, 0.2) is 0 Å². The van der Waals surface area contributed by atoms with Crippen LogP contribution in [0.2, 0.25) is 0 Å². The fraction of sp³-hybridized carbons (Fsp3) is 0.857. The summed E-state index contributed by atoms with van der Waals surface area (Å²) in [4.78, 5) is 4.44. The van der Waals surface area contributed by atoms with Crippen molar-refractivity contribution in [3.63, 3.8) is 0 Å². The van der Waals surface area contributed by atoms with Crippen LogP contribution in [0.25, 0.3) is 0 Å². The zero-order valence-corrected chi connectivity index (χ0v) is 12.5. The van der Waals surface area contributed by atoms with Crippen LogP contribution in [0.4, 0.5) is 0 Å². The third-order valence-electron chi connectivity index (χ3n) is 3.38. The highest BCUT2D eigenvalue weighted by Crippen LogP contribution is 2.27. The molecule has 0 aliphatic heterocycles. The fourth-order valence-corrected chi connectivity index (χ4v) is 2.48.